The summed E-state index contributed by atoms with van der Waals surface area (Å²) in [6.45, 7) is 9.85. The van der Waals surface area contributed by atoms with Gasteiger partial charge in [-0.05, 0) is 110 Å². The maximum absolute atomic E-state index is 12.8. The molecule has 2 aromatic carbocycles. The number of unbranched alkanes of at least 4 members (excludes halogenated alkanes) is 1. The molecule has 0 saturated carbocycles. The third-order valence-corrected chi connectivity index (χ3v) is 15.3. The number of halogens is 2. The molecule has 0 aliphatic heterocycles. The van der Waals surface area contributed by atoms with Gasteiger partial charge >= 0.3 is 0 Å². The highest BCUT2D eigenvalue weighted by Gasteiger charge is 2.26. The summed E-state index contributed by atoms with van der Waals surface area (Å²) in [6, 6.07) is 19.6. The van der Waals surface area contributed by atoms with Gasteiger partial charge in [0.15, 0.2) is 0 Å². The molecule has 0 radical (unpaired) electrons. The lowest BCUT2D eigenvalue weighted by Gasteiger charge is -2.09. The van der Waals surface area contributed by atoms with Gasteiger partial charge in [0.25, 0.3) is 31.8 Å². The second-order valence-electron chi connectivity index (χ2n) is 11.9. The van der Waals surface area contributed by atoms with Crippen LogP contribution in [0.15, 0.2) is 97.8 Å². The van der Waals surface area contributed by atoms with Crippen molar-refractivity contribution in [2.45, 2.75) is 68.2 Å². The quantitative estimate of drug-likeness (QED) is 0.124. The number of nitrogens with one attached hydrogen (secondary N) is 2. The average Bonchev–Trinajstić information content (AvgIpc) is 3.92. The number of hydrogen-bond acceptors (Lipinski definition) is 10. The first-order valence-electron chi connectivity index (χ1n) is 15.9. The fraction of sp³-hybridized carbons (Fsp3) is 0.257. The fourth-order valence-electron chi connectivity index (χ4n) is 4.90. The lowest BCUT2D eigenvalue weighted by Crippen LogP contribution is -2.12. The van der Waals surface area contributed by atoms with Crippen molar-refractivity contribution < 1.29 is 25.9 Å². The van der Waals surface area contributed by atoms with Gasteiger partial charge in [-0.1, -0.05) is 86.0 Å². The van der Waals surface area contributed by atoms with E-state index in [4.69, 9.17) is 9.05 Å². The first-order chi connectivity index (χ1) is 24.2. The zero-order chi connectivity index (χ0) is 36.9. The van der Waals surface area contributed by atoms with Crippen LogP contribution in [-0.2, 0) is 26.5 Å². The van der Waals surface area contributed by atoms with E-state index in [1.807, 2.05) is 48.5 Å². The minimum absolute atomic E-state index is 0.0759. The average molecular weight is 897 g/mol. The van der Waals surface area contributed by atoms with E-state index in [9.17, 15) is 16.8 Å². The van der Waals surface area contributed by atoms with Gasteiger partial charge in [0.05, 0.1) is 11.4 Å². The van der Waals surface area contributed by atoms with E-state index in [0.717, 1.165) is 30.4 Å². The number of hydrogen-bond donors (Lipinski definition) is 2. The van der Waals surface area contributed by atoms with Crippen molar-refractivity contribution in [3.63, 3.8) is 0 Å². The first-order valence-corrected chi connectivity index (χ1v) is 22.2. The van der Waals surface area contributed by atoms with Crippen molar-refractivity contribution in [1.82, 2.24) is 10.3 Å². The van der Waals surface area contributed by atoms with E-state index in [1.54, 1.807) is 24.6 Å². The number of aryl methyl sites for hydroxylation is 3. The van der Waals surface area contributed by atoms with Crippen LogP contribution in [0.2, 0.25) is 0 Å². The first kappa shape index (κ1) is 38.9. The van der Waals surface area contributed by atoms with E-state index < -0.39 is 20.0 Å². The van der Waals surface area contributed by atoms with Crippen molar-refractivity contribution in [3.8, 4) is 22.3 Å². The Labute approximate surface area is 323 Å². The van der Waals surface area contributed by atoms with Crippen molar-refractivity contribution in [3.05, 3.63) is 103 Å². The summed E-state index contributed by atoms with van der Waals surface area (Å²) in [5, 5.41) is 11.0. The topological polar surface area (TPSA) is 144 Å². The molecule has 270 valence electrons. The molecule has 0 fully saturated rings. The van der Waals surface area contributed by atoms with Crippen molar-refractivity contribution in [1.29, 1.82) is 0 Å². The molecule has 0 amide bonds. The Bertz CT molecular complexity index is 2310. The molecule has 6 rings (SSSR count). The number of nitrogens with zero attached hydrogens (tertiary/aromatic N) is 2. The molecule has 0 unspecified atom stereocenters. The highest BCUT2D eigenvalue weighted by Crippen LogP contribution is 2.37. The minimum Gasteiger partial charge on any atom is -0.336 e. The summed E-state index contributed by atoms with van der Waals surface area (Å²) in [6.07, 6.45) is 3.33. The molecule has 6 aromatic rings. The molecule has 0 aliphatic carbocycles. The van der Waals surface area contributed by atoms with Crippen LogP contribution in [0.4, 0.5) is 11.8 Å². The van der Waals surface area contributed by atoms with Gasteiger partial charge in [-0.2, -0.15) is 0 Å². The number of sulfonamides is 2. The SMILES string of the molecule is CCCCc1ccc(-c2ccsc2S(=O)(=O)Nc2onc(C)c2Br)cc1.Cc1noc(NS(=O)(=O)c2sccc2-c2ccc(C(C)C)cc2)c1Br. The fourth-order valence-corrected chi connectivity index (χ4v) is 10.4. The Balaban J connectivity index is 0.000000198. The van der Waals surface area contributed by atoms with Crippen LogP contribution >= 0.6 is 54.5 Å². The van der Waals surface area contributed by atoms with Gasteiger partial charge in [-0.25, -0.2) is 26.3 Å². The van der Waals surface area contributed by atoms with Crippen LogP contribution in [0.25, 0.3) is 22.3 Å². The van der Waals surface area contributed by atoms with Crippen molar-refractivity contribution in [2.75, 3.05) is 9.44 Å². The summed E-state index contributed by atoms with van der Waals surface area (Å²) in [5.74, 6) is 0.581. The molecule has 4 aromatic heterocycles. The molecule has 16 heteroatoms. The van der Waals surface area contributed by atoms with Gasteiger partial charge in [-0.3, -0.25) is 0 Å². The zero-order valence-corrected chi connectivity index (χ0v) is 34.8. The van der Waals surface area contributed by atoms with Crippen molar-refractivity contribution in [2.24, 2.45) is 0 Å². The van der Waals surface area contributed by atoms with Gasteiger partial charge in [0.2, 0.25) is 0 Å². The predicted octanol–water partition coefficient (Wildman–Crippen LogP) is 11.0. The Morgan fingerprint density at radius 2 is 1.14 bits per heavy atom. The van der Waals surface area contributed by atoms with E-state index in [-0.39, 0.29) is 20.2 Å². The minimum atomic E-state index is -3.78. The second kappa shape index (κ2) is 16.6. The van der Waals surface area contributed by atoms with Crippen LogP contribution in [0.1, 0.15) is 62.0 Å². The van der Waals surface area contributed by atoms with Crippen LogP contribution in [0, 0.1) is 13.8 Å². The third-order valence-electron chi connectivity index (χ3n) is 7.76. The summed E-state index contributed by atoms with van der Waals surface area (Å²) in [5.41, 5.74) is 6.71. The van der Waals surface area contributed by atoms with E-state index in [1.165, 1.54) is 33.8 Å². The van der Waals surface area contributed by atoms with Gasteiger partial charge in [-0.15, -0.1) is 22.7 Å². The molecule has 0 aliphatic rings. The lowest BCUT2D eigenvalue weighted by molar-refractivity contribution is 0.430. The molecule has 0 spiro atoms. The Kier molecular flexibility index (Phi) is 12.7. The van der Waals surface area contributed by atoms with Gasteiger partial charge < -0.3 is 9.05 Å². The summed E-state index contributed by atoms with van der Waals surface area (Å²) in [4.78, 5) is 0. The summed E-state index contributed by atoms with van der Waals surface area (Å²) < 4.78 is 67.7. The number of anilines is 2. The standard InChI is InChI=1S/C18H19BrN2O3S2.C17H17BrN2O3S2/c1-3-4-5-13-6-8-14(9-7-13)15-10-11-25-18(15)26(22,23)21-17-16(19)12(2)20-24-17;1-10(2)12-4-6-13(7-5-12)14-8-9-24-17(14)25(21,22)20-16-15(18)11(3)19-23-16/h6-11,21H,3-5H2,1-2H3;4-10,20H,1-3H3. The number of benzene rings is 2. The van der Waals surface area contributed by atoms with Gasteiger partial charge in [0, 0.05) is 11.1 Å². The monoisotopic (exact) mass is 894 g/mol. The lowest BCUT2D eigenvalue weighted by atomic mass is 10.00. The van der Waals surface area contributed by atoms with Gasteiger partial charge in [0.1, 0.15) is 17.4 Å². The van der Waals surface area contributed by atoms with Crippen LogP contribution in [0.5, 0.6) is 0 Å². The number of thiophene rings is 2. The maximum atomic E-state index is 12.8. The predicted molar refractivity (Wildman–Crippen MR) is 212 cm³/mol. The largest absolute Gasteiger partial charge is 0.336 e. The molecule has 4 heterocycles. The normalized spacial score (nSPS) is 11.8. The molecular weight excluding hydrogens is 860 g/mol. The molecule has 0 saturated heterocycles. The summed E-state index contributed by atoms with van der Waals surface area (Å²) >= 11 is 8.89. The highest BCUT2D eigenvalue weighted by atomic mass is 79.9. The Morgan fingerprint density at radius 3 is 1.51 bits per heavy atom. The molecule has 0 bridgehead atoms. The van der Waals surface area contributed by atoms with Crippen LogP contribution in [0.3, 0.4) is 0 Å². The molecule has 0 atom stereocenters. The van der Waals surface area contributed by atoms with E-state index in [2.05, 4.69) is 84.5 Å². The van der Waals surface area contributed by atoms with Crippen LogP contribution < -0.4 is 9.44 Å². The van der Waals surface area contributed by atoms with Crippen molar-refractivity contribution >= 4 is 86.3 Å². The Morgan fingerprint density at radius 1 is 0.706 bits per heavy atom. The van der Waals surface area contributed by atoms with Crippen LogP contribution in [-0.4, -0.2) is 27.1 Å². The molecule has 51 heavy (non-hydrogen) atoms. The summed E-state index contributed by atoms with van der Waals surface area (Å²) in [7, 11) is -7.56. The highest BCUT2D eigenvalue weighted by molar-refractivity contribution is 9.11. The number of aromatic nitrogens is 2. The molecule has 2 N–H and O–H groups in total. The zero-order valence-electron chi connectivity index (χ0n) is 28.4. The Hall–Kier alpha value is -3.28. The van der Waals surface area contributed by atoms with E-state index in [0.29, 0.717) is 37.4 Å². The third kappa shape index (κ3) is 9.21. The maximum Gasteiger partial charge on any atom is 0.274 e. The van der Waals surface area contributed by atoms with E-state index >= 15 is 0 Å². The smallest absolute Gasteiger partial charge is 0.274 e. The molecular formula is C35H36Br2N4O6S4. The second-order valence-corrected chi connectivity index (χ2v) is 19.0. The molecule has 10 nitrogen and oxygen atoms in total. The number of rotatable bonds is 12.